The van der Waals surface area contributed by atoms with Crippen molar-refractivity contribution < 1.29 is 23.8 Å². The smallest absolute Gasteiger partial charge is 0.294 e. The first-order valence-corrected chi connectivity index (χ1v) is 9.55. The fourth-order valence-corrected chi connectivity index (χ4v) is 3.89. The Morgan fingerprint density at radius 3 is 2.57 bits per heavy atom. The summed E-state index contributed by atoms with van der Waals surface area (Å²) in [7, 11) is 1.49. The van der Waals surface area contributed by atoms with Gasteiger partial charge in [-0.2, -0.15) is 0 Å². The van der Waals surface area contributed by atoms with Gasteiger partial charge in [0.25, 0.3) is 5.91 Å². The molecule has 2 aromatic carbocycles. The lowest BCUT2D eigenvalue weighted by atomic mass is 9.92. The minimum absolute atomic E-state index is 0.0394. The van der Waals surface area contributed by atoms with Crippen molar-refractivity contribution >= 4 is 29.0 Å². The molecule has 0 saturated carbocycles. The maximum Gasteiger partial charge on any atom is 0.294 e. The third-order valence-electron chi connectivity index (χ3n) is 5.09. The zero-order chi connectivity index (χ0) is 21.4. The second-order valence-corrected chi connectivity index (χ2v) is 7.23. The predicted octanol–water partition coefficient (Wildman–Crippen LogP) is 5.03. The highest BCUT2D eigenvalue weighted by Crippen LogP contribution is 2.44. The summed E-state index contributed by atoms with van der Waals surface area (Å²) in [6.07, 6.45) is 1.37. The molecule has 1 aliphatic rings. The van der Waals surface area contributed by atoms with Gasteiger partial charge in [0, 0.05) is 5.69 Å². The van der Waals surface area contributed by atoms with Crippen LogP contribution in [0.25, 0.3) is 0 Å². The second kappa shape index (κ2) is 7.72. The Morgan fingerprint density at radius 1 is 1.17 bits per heavy atom. The van der Waals surface area contributed by atoms with Gasteiger partial charge in [0.05, 0.1) is 30.0 Å². The standard InChI is InChI=1S/C23H18ClNO5/c1-13-6-3-4-7-15(13)20-19(21(26)18-8-5-11-30-18)22(27)23(28)25(20)14-9-10-17(29-2)16(24)12-14/h3-12,20,27H,1-2H3. The highest BCUT2D eigenvalue weighted by Gasteiger charge is 2.45. The van der Waals surface area contributed by atoms with E-state index in [9.17, 15) is 14.7 Å². The van der Waals surface area contributed by atoms with Crippen molar-refractivity contribution in [2.24, 2.45) is 0 Å². The van der Waals surface area contributed by atoms with E-state index >= 15 is 0 Å². The second-order valence-electron chi connectivity index (χ2n) is 6.82. The molecule has 152 valence electrons. The maximum absolute atomic E-state index is 13.2. The SMILES string of the molecule is COc1ccc(N2C(=O)C(O)=C(C(=O)c3ccco3)C2c2ccccc2C)cc1Cl. The molecule has 1 atom stereocenters. The molecule has 0 aliphatic carbocycles. The summed E-state index contributed by atoms with van der Waals surface area (Å²) in [5, 5.41) is 11.0. The molecule has 30 heavy (non-hydrogen) atoms. The van der Waals surface area contributed by atoms with Crippen LogP contribution in [0.3, 0.4) is 0 Å². The Bertz CT molecular complexity index is 1170. The number of anilines is 1. The summed E-state index contributed by atoms with van der Waals surface area (Å²) in [5.41, 5.74) is 1.94. The van der Waals surface area contributed by atoms with E-state index in [0.717, 1.165) is 5.56 Å². The maximum atomic E-state index is 13.2. The minimum Gasteiger partial charge on any atom is -0.503 e. The molecule has 1 amide bonds. The number of halogens is 1. The number of aliphatic hydroxyl groups excluding tert-OH is 1. The van der Waals surface area contributed by atoms with Gasteiger partial charge in [-0.15, -0.1) is 0 Å². The number of methoxy groups -OCH3 is 1. The number of hydrogen-bond acceptors (Lipinski definition) is 5. The molecule has 0 radical (unpaired) electrons. The number of nitrogens with zero attached hydrogens (tertiary/aromatic N) is 1. The molecule has 1 N–H and O–H groups in total. The highest BCUT2D eigenvalue weighted by molar-refractivity contribution is 6.32. The third-order valence-corrected chi connectivity index (χ3v) is 5.39. The first kappa shape index (κ1) is 19.8. The fraction of sp³-hybridized carbons (Fsp3) is 0.130. The zero-order valence-electron chi connectivity index (χ0n) is 16.3. The van der Waals surface area contributed by atoms with E-state index in [1.54, 1.807) is 24.3 Å². The van der Waals surface area contributed by atoms with E-state index in [2.05, 4.69) is 0 Å². The molecule has 2 heterocycles. The number of Topliss-reactive ketones (excluding diaryl/α,β-unsaturated/α-hetero) is 1. The lowest BCUT2D eigenvalue weighted by Gasteiger charge is -2.28. The van der Waals surface area contributed by atoms with E-state index in [0.29, 0.717) is 22.0 Å². The van der Waals surface area contributed by atoms with Gasteiger partial charge in [0.15, 0.2) is 11.5 Å². The molecule has 4 rings (SSSR count). The summed E-state index contributed by atoms with van der Waals surface area (Å²) in [4.78, 5) is 27.6. The van der Waals surface area contributed by atoms with Crippen molar-refractivity contribution in [3.05, 3.63) is 94.1 Å². The van der Waals surface area contributed by atoms with Gasteiger partial charge in [-0.05, 0) is 48.4 Å². The largest absolute Gasteiger partial charge is 0.503 e. The minimum atomic E-state index is -0.847. The van der Waals surface area contributed by atoms with E-state index < -0.39 is 23.5 Å². The Hall–Kier alpha value is -3.51. The number of ketones is 1. The topological polar surface area (TPSA) is 80.0 Å². The molecular weight excluding hydrogens is 406 g/mol. The van der Waals surface area contributed by atoms with Crippen molar-refractivity contribution in [2.45, 2.75) is 13.0 Å². The number of carbonyl (C=O) groups excluding carboxylic acids is 2. The van der Waals surface area contributed by atoms with Crippen molar-refractivity contribution in [3.63, 3.8) is 0 Å². The number of amides is 1. The van der Waals surface area contributed by atoms with Crippen LogP contribution in [0.2, 0.25) is 5.02 Å². The van der Waals surface area contributed by atoms with Gasteiger partial charge in [-0.25, -0.2) is 0 Å². The highest BCUT2D eigenvalue weighted by atomic mass is 35.5. The van der Waals surface area contributed by atoms with Crippen molar-refractivity contribution in [1.29, 1.82) is 0 Å². The van der Waals surface area contributed by atoms with E-state index in [4.69, 9.17) is 20.8 Å². The first-order valence-electron chi connectivity index (χ1n) is 9.18. The number of rotatable bonds is 5. The van der Waals surface area contributed by atoms with Gasteiger partial charge >= 0.3 is 0 Å². The Labute approximate surface area is 177 Å². The van der Waals surface area contributed by atoms with Crippen LogP contribution >= 0.6 is 11.6 Å². The molecule has 0 saturated heterocycles. The average molecular weight is 424 g/mol. The summed E-state index contributed by atoms with van der Waals surface area (Å²) >= 11 is 6.28. The number of aliphatic hydroxyl groups is 1. The monoisotopic (exact) mass is 423 g/mol. The number of aryl methyl sites for hydroxylation is 1. The van der Waals surface area contributed by atoms with Crippen LogP contribution in [-0.4, -0.2) is 23.9 Å². The molecule has 1 unspecified atom stereocenters. The van der Waals surface area contributed by atoms with Crippen LogP contribution in [0.15, 0.2) is 76.6 Å². The van der Waals surface area contributed by atoms with E-state index in [-0.39, 0.29) is 11.3 Å². The third kappa shape index (κ3) is 3.15. The van der Waals surface area contributed by atoms with E-state index in [1.165, 1.54) is 24.3 Å². The Balaban J connectivity index is 1.90. The van der Waals surface area contributed by atoms with Gasteiger partial charge in [0.2, 0.25) is 5.78 Å². The number of hydrogen-bond donors (Lipinski definition) is 1. The molecule has 0 spiro atoms. The molecule has 0 fully saturated rings. The number of benzene rings is 2. The van der Waals surface area contributed by atoms with Crippen molar-refractivity contribution in [1.82, 2.24) is 0 Å². The van der Waals surface area contributed by atoms with Gasteiger partial charge in [-0.1, -0.05) is 35.9 Å². The Morgan fingerprint density at radius 2 is 1.93 bits per heavy atom. The molecular formula is C23H18ClNO5. The lowest BCUT2D eigenvalue weighted by Crippen LogP contribution is -2.31. The summed E-state index contributed by atoms with van der Waals surface area (Å²) in [5.74, 6) is -1.38. The number of carbonyl (C=O) groups is 2. The van der Waals surface area contributed by atoms with E-state index in [1.807, 2.05) is 31.2 Å². The van der Waals surface area contributed by atoms with Crippen molar-refractivity contribution in [2.75, 3.05) is 12.0 Å². The van der Waals surface area contributed by atoms with Crippen molar-refractivity contribution in [3.8, 4) is 5.75 Å². The summed E-state index contributed by atoms with van der Waals surface area (Å²) < 4.78 is 10.4. The quantitative estimate of drug-likeness (QED) is 0.582. The van der Waals surface area contributed by atoms with Gasteiger partial charge < -0.3 is 14.3 Å². The fourth-order valence-electron chi connectivity index (χ4n) is 3.64. The molecule has 1 aromatic heterocycles. The van der Waals surface area contributed by atoms with Crippen LogP contribution in [-0.2, 0) is 4.79 Å². The first-order chi connectivity index (χ1) is 14.4. The summed E-state index contributed by atoms with van der Waals surface area (Å²) in [6, 6.07) is 14.4. The predicted molar refractivity (Wildman–Crippen MR) is 112 cm³/mol. The molecule has 7 heteroatoms. The number of ether oxygens (including phenoxy) is 1. The summed E-state index contributed by atoms with van der Waals surface area (Å²) in [6.45, 7) is 1.88. The molecule has 0 bridgehead atoms. The van der Waals surface area contributed by atoms with Crippen LogP contribution in [0.1, 0.15) is 27.7 Å². The lowest BCUT2D eigenvalue weighted by molar-refractivity contribution is -0.117. The number of furan rings is 1. The molecule has 3 aromatic rings. The molecule has 1 aliphatic heterocycles. The van der Waals surface area contributed by atoms with Crippen LogP contribution in [0.5, 0.6) is 5.75 Å². The van der Waals surface area contributed by atoms with Gasteiger partial charge in [-0.3, -0.25) is 14.5 Å². The van der Waals surface area contributed by atoms with Crippen LogP contribution in [0.4, 0.5) is 5.69 Å². The van der Waals surface area contributed by atoms with Crippen LogP contribution in [0, 0.1) is 6.92 Å². The van der Waals surface area contributed by atoms with Crippen LogP contribution < -0.4 is 9.64 Å². The molecule has 6 nitrogen and oxygen atoms in total. The van der Waals surface area contributed by atoms with Gasteiger partial charge in [0.1, 0.15) is 5.75 Å². The average Bonchev–Trinajstić information content (AvgIpc) is 3.36. The zero-order valence-corrected chi connectivity index (χ0v) is 17.0. The normalized spacial score (nSPS) is 16.3. The Kier molecular flexibility index (Phi) is 5.10.